The van der Waals surface area contributed by atoms with Crippen molar-refractivity contribution in [1.82, 2.24) is 0 Å². The summed E-state index contributed by atoms with van der Waals surface area (Å²) in [6.45, 7) is 0. The maximum atomic E-state index is 9.71. The second kappa shape index (κ2) is 5.57. The van der Waals surface area contributed by atoms with Crippen LogP contribution in [-0.2, 0) is 0 Å². The lowest BCUT2D eigenvalue weighted by atomic mass is 9.81. The van der Waals surface area contributed by atoms with Crippen molar-refractivity contribution in [3.8, 4) is 11.8 Å². The molecule has 5 nitrogen and oxygen atoms in total. The summed E-state index contributed by atoms with van der Waals surface area (Å²) in [5.74, 6) is 1.12. The van der Waals surface area contributed by atoms with Crippen LogP contribution in [0.4, 0.5) is 0 Å². The van der Waals surface area contributed by atoms with Crippen LogP contribution in [0.3, 0.4) is 0 Å². The Morgan fingerprint density at radius 3 is 2.68 bits per heavy atom. The highest BCUT2D eigenvalue weighted by Gasteiger charge is 2.38. The molecule has 2 aliphatic rings. The highest BCUT2D eigenvalue weighted by molar-refractivity contribution is 6.01. The quantitative estimate of drug-likeness (QED) is 0.892. The molecule has 1 fully saturated rings. The van der Waals surface area contributed by atoms with E-state index < -0.39 is 0 Å². The molecule has 1 aliphatic heterocycles. The van der Waals surface area contributed by atoms with Crippen molar-refractivity contribution >= 4 is 5.84 Å². The van der Waals surface area contributed by atoms with Gasteiger partial charge < -0.3 is 16.2 Å². The van der Waals surface area contributed by atoms with Crippen molar-refractivity contribution in [2.75, 3.05) is 7.11 Å². The molecule has 1 atom stereocenters. The van der Waals surface area contributed by atoms with Gasteiger partial charge in [-0.25, -0.2) is 4.99 Å². The zero-order valence-electron chi connectivity index (χ0n) is 12.4. The van der Waals surface area contributed by atoms with Crippen molar-refractivity contribution in [2.45, 2.75) is 18.8 Å². The molecule has 3 rings (SSSR count). The maximum absolute atomic E-state index is 9.71. The second-order valence-electron chi connectivity index (χ2n) is 5.48. The minimum absolute atomic E-state index is 0.320. The Hall–Kier alpha value is -2.74. The van der Waals surface area contributed by atoms with Gasteiger partial charge in [0.15, 0.2) is 0 Å². The SMILES string of the molecule is COc1ccccc1C1C(C#N)=C(C2CC2)N=C(N)/C1=C\N. The summed E-state index contributed by atoms with van der Waals surface area (Å²) < 4.78 is 5.45. The summed E-state index contributed by atoms with van der Waals surface area (Å²) in [6, 6.07) is 9.95. The van der Waals surface area contributed by atoms with Gasteiger partial charge in [-0.1, -0.05) is 18.2 Å². The number of ether oxygens (including phenoxy) is 1. The molecule has 0 radical (unpaired) electrons. The van der Waals surface area contributed by atoms with Crippen LogP contribution in [0.5, 0.6) is 5.75 Å². The molecule has 22 heavy (non-hydrogen) atoms. The van der Waals surface area contributed by atoms with Crippen molar-refractivity contribution < 1.29 is 4.74 Å². The van der Waals surface area contributed by atoms with Crippen molar-refractivity contribution in [2.24, 2.45) is 22.4 Å². The monoisotopic (exact) mass is 294 g/mol. The van der Waals surface area contributed by atoms with E-state index in [1.165, 1.54) is 6.20 Å². The number of allylic oxidation sites excluding steroid dienone is 2. The van der Waals surface area contributed by atoms with E-state index >= 15 is 0 Å². The summed E-state index contributed by atoms with van der Waals surface area (Å²) in [5.41, 5.74) is 14.8. The Kier molecular flexibility index (Phi) is 3.60. The van der Waals surface area contributed by atoms with Crippen LogP contribution >= 0.6 is 0 Å². The first-order valence-corrected chi connectivity index (χ1v) is 7.24. The molecule has 0 spiro atoms. The van der Waals surface area contributed by atoms with Gasteiger partial charge in [0.25, 0.3) is 0 Å². The van der Waals surface area contributed by atoms with Gasteiger partial charge in [-0.3, -0.25) is 0 Å². The molecule has 1 aromatic rings. The van der Waals surface area contributed by atoms with Crippen LogP contribution in [0.2, 0.25) is 0 Å². The predicted molar refractivity (Wildman–Crippen MR) is 85.0 cm³/mol. The summed E-state index contributed by atoms with van der Waals surface area (Å²) in [6.07, 6.45) is 3.55. The number of para-hydroxylation sites is 1. The van der Waals surface area contributed by atoms with E-state index in [1.807, 2.05) is 24.3 Å². The van der Waals surface area contributed by atoms with E-state index in [0.717, 1.165) is 24.1 Å². The highest BCUT2D eigenvalue weighted by Crippen LogP contribution is 2.47. The van der Waals surface area contributed by atoms with Crippen LogP contribution in [-0.4, -0.2) is 12.9 Å². The normalized spacial score (nSPS) is 23.2. The maximum Gasteiger partial charge on any atom is 0.129 e. The molecule has 4 N–H and O–H groups in total. The standard InChI is InChI=1S/C17H18N4O/c1-22-14-5-3-2-4-11(14)15-12(8-18)16(10-6-7-10)21-17(20)13(15)9-19/h2-5,9-10,15H,6-7,19H2,1H3,(H2,20,21)/b13-9-. The van der Waals surface area contributed by atoms with E-state index in [9.17, 15) is 5.26 Å². The van der Waals surface area contributed by atoms with Crippen LogP contribution in [0.25, 0.3) is 0 Å². The van der Waals surface area contributed by atoms with Gasteiger partial charge in [-0.15, -0.1) is 0 Å². The van der Waals surface area contributed by atoms with Crippen LogP contribution in [0.15, 0.2) is 52.3 Å². The lowest BCUT2D eigenvalue weighted by molar-refractivity contribution is 0.409. The molecule has 112 valence electrons. The number of methoxy groups -OCH3 is 1. The first-order valence-electron chi connectivity index (χ1n) is 7.24. The summed E-state index contributed by atoms with van der Waals surface area (Å²) in [4.78, 5) is 4.44. The number of nitrogens with zero attached hydrogens (tertiary/aromatic N) is 2. The minimum atomic E-state index is -0.320. The van der Waals surface area contributed by atoms with Gasteiger partial charge in [-0.05, 0) is 18.9 Å². The first kappa shape index (κ1) is 14.2. The van der Waals surface area contributed by atoms with Crippen molar-refractivity contribution in [1.29, 1.82) is 5.26 Å². The molecule has 1 heterocycles. The highest BCUT2D eigenvalue weighted by atomic mass is 16.5. The Morgan fingerprint density at radius 1 is 1.36 bits per heavy atom. The van der Waals surface area contributed by atoms with Crippen molar-refractivity contribution in [3.05, 3.63) is 52.9 Å². The Morgan fingerprint density at radius 2 is 2.09 bits per heavy atom. The third-order valence-corrected chi connectivity index (χ3v) is 4.13. The van der Waals surface area contributed by atoms with Gasteiger partial charge in [0.1, 0.15) is 11.6 Å². The fourth-order valence-corrected chi connectivity index (χ4v) is 2.91. The average molecular weight is 294 g/mol. The van der Waals surface area contributed by atoms with Gasteiger partial charge >= 0.3 is 0 Å². The zero-order valence-corrected chi connectivity index (χ0v) is 12.4. The summed E-state index contributed by atoms with van der Waals surface area (Å²) in [5, 5.41) is 9.71. The van der Waals surface area contributed by atoms with E-state index in [-0.39, 0.29) is 5.92 Å². The molecule has 0 amide bonds. The Bertz CT molecular complexity index is 735. The summed E-state index contributed by atoms with van der Waals surface area (Å²) in [7, 11) is 1.61. The number of rotatable bonds is 3. The minimum Gasteiger partial charge on any atom is -0.496 e. The molecule has 1 saturated carbocycles. The molecule has 1 unspecified atom stereocenters. The van der Waals surface area contributed by atoms with Gasteiger partial charge in [0.2, 0.25) is 0 Å². The number of nitrogens with two attached hydrogens (primary N) is 2. The molecular weight excluding hydrogens is 276 g/mol. The lowest BCUT2D eigenvalue weighted by Gasteiger charge is -2.26. The van der Waals surface area contributed by atoms with E-state index in [4.69, 9.17) is 16.2 Å². The van der Waals surface area contributed by atoms with E-state index in [0.29, 0.717) is 28.6 Å². The van der Waals surface area contributed by atoms with Gasteiger partial charge in [0, 0.05) is 23.3 Å². The second-order valence-corrected chi connectivity index (χ2v) is 5.48. The average Bonchev–Trinajstić information content (AvgIpc) is 3.38. The third-order valence-electron chi connectivity index (χ3n) is 4.13. The zero-order chi connectivity index (χ0) is 15.7. The predicted octanol–water partition coefficient (Wildman–Crippen LogP) is 2.18. The number of nitriles is 1. The fourth-order valence-electron chi connectivity index (χ4n) is 2.91. The van der Waals surface area contributed by atoms with Crippen LogP contribution in [0.1, 0.15) is 24.3 Å². The topological polar surface area (TPSA) is 97.4 Å². The third kappa shape index (κ3) is 2.23. The van der Waals surface area contributed by atoms with Crippen LogP contribution < -0.4 is 16.2 Å². The molecule has 1 aromatic carbocycles. The lowest BCUT2D eigenvalue weighted by Crippen LogP contribution is -2.27. The van der Waals surface area contributed by atoms with Gasteiger partial charge in [0.05, 0.1) is 30.4 Å². The van der Waals surface area contributed by atoms with E-state index in [1.54, 1.807) is 7.11 Å². The largest absolute Gasteiger partial charge is 0.496 e. The molecule has 5 heteroatoms. The first-order chi connectivity index (χ1) is 10.7. The Labute approximate surface area is 129 Å². The number of benzene rings is 1. The fraction of sp³-hybridized carbons (Fsp3) is 0.294. The number of hydrogen-bond donors (Lipinski definition) is 2. The van der Waals surface area contributed by atoms with Crippen LogP contribution in [0, 0.1) is 17.2 Å². The number of aliphatic imine (C=N–C) groups is 1. The number of amidine groups is 1. The molecule has 1 aliphatic carbocycles. The van der Waals surface area contributed by atoms with Crippen molar-refractivity contribution in [3.63, 3.8) is 0 Å². The molecule has 0 bridgehead atoms. The summed E-state index contributed by atoms with van der Waals surface area (Å²) >= 11 is 0. The molecule has 0 saturated heterocycles. The Balaban J connectivity index is 2.22. The van der Waals surface area contributed by atoms with E-state index in [2.05, 4.69) is 11.1 Å². The molecule has 0 aromatic heterocycles. The molecular formula is C17H18N4O. The van der Waals surface area contributed by atoms with Gasteiger partial charge in [-0.2, -0.15) is 5.26 Å². The number of hydrogen-bond acceptors (Lipinski definition) is 5. The smallest absolute Gasteiger partial charge is 0.129 e.